The molecule has 1 heterocycles. The number of halogens is 6. The van der Waals surface area contributed by atoms with Crippen molar-refractivity contribution in [1.82, 2.24) is 4.98 Å². The predicted octanol–water partition coefficient (Wildman–Crippen LogP) is 6.50. The summed E-state index contributed by atoms with van der Waals surface area (Å²) in [6.45, 7) is 5.97. The van der Waals surface area contributed by atoms with E-state index in [1.165, 1.54) is 3.57 Å². The third kappa shape index (κ3) is 14.0. The van der Waals surface area contributed by atoms with E-state index in [0.29, 0.717) is 6.04 Å². The van der Waals surface area contributed by atoms with Crippen LogP contribution in [0.5, 0.6) is 0 Å². The fourth-order valence-electron chi connectivity index (χ4n) is 1.04. The van der Waals surface area contributed by atoms with Crippen molar-refractivity contribution >= 4 is 116 Å². The van der Waals surface area contributed by atoms with Crippen molar-refractivity contribution in [3.63, 3.8) is 0 Å². The first kappa shape index (κ1) is 19.7. The third-order valence-corrected chi connectivity index (χ3v) is 6.56. The molecule has 9 heteroatoms. The molecule has 0 amide bonds. The Labute approximate surface area is 184 Å². The molecule has 0 saturated heterocycles. The molecule has 1 rings (SSSR count). The zero-order valence-corrected chi connectivity index (χ0v) is 25.1. The van der Waals surface area contributed by atoms with E-state index in [-0.39, 0.29) is 36.0 Å². The van der Waals surface area contributed by atoms with E-state index in [1.54, 1.807) is 0 Å². The van der Waals surface area contributed by atoms with Crippen molar-refractivity contribution in [3.05, 3.63) is 26.6 Å². The number of pyridine rings is 1. The fourth-order valence-corrected chi connectivity index (χ4v) is 6.32. The van der Waals surface area contributed by atoms with Crippen molar-refractivity contribution in [2.75, 3.05) is 0 Å². The van der Waals surface area contributed by atoms with Crippen LogP contribution in [-0.2, 0) is 18.8 Å². The molecule has 0 aliphatic carbocycles. The number of nitrogens with zero attached hydrogens (tertiary/aromatic N) is 1. The third-order valence-electron chi connectivity index (χ3n) is 1.45. The molecule has 1 aromatic heterocycles. The Morgan fingerprint density at radius 2 is 1.88 bits per heavy atom. The summed E-state index contributed by atoms with van der Waals surface area (Å²) >= 11 is 11.6. The average Bonchev–Trinajstić information content (AvgIpc) is 2.27. The van der Waals surface area contributed by atoms with Crippen molar-refractivity contribution in [3.8, 4) is 0 Å². The van der Waals surface area contributed by atoms with Gasteiger partial charge in [-0.15, -0.1) is 0 Å². The molecule has 0 aliphatic heterocycles. The Hall–Kier alpha value is 4.70. The summed E-state index contributed by atoms with van der Waals surface area (Å²) in [6.07, 6.45) is 0. The molecule has 0 bridgehead atoms. The molecule has 101 valence electrons. The number of rotatable bonds is 1. The molecule has 0 unspecified atom stereocenters. The quantitative estimate of drug-likeness (QED) is 0.294. The van der Waals surface area contributed by atoms with Crippen molar-refractivity contribution in [1.29, 1.82) is 0.879 Å². The standard InChI is InChI=1S/C8H11I2N.4HI.2V.H/c1-5-4-6(2)11-7(3)8(5)10-9;;;;;;;/h4,10H,1-3H3;4*1H;;;/q;;;;;+1;+3;/p-4/i4D;;;;;;;1+2. The van der Waals surface area contributed by atoms with Gasteiger partial charge in [0.05, 0.1) is 0 Å². The van der Waals surface area contributed by atoms with Gasteiger partial charge in [0.25, 0.3) is 0 Å². The monoisotopic (exact) mass is 988 g/mol. The van der Waals surface area contributed by atoms with Gasteiger partial charge < -0.3 is 0 Å². The van der Waals surface area contributed by atoms with Gasteiger partial charge in [0.2, 0.25) is 0 Å². The number of hydrogen-bond donors (Lipinski definition) is 0. The number of hydrogen-bond acceptors (Lipinski definition) is 1. The first-order valence-corrected chi connectivity index (χ1v) is 30.0. The predicted molar refractivity (Wildman–Crippen MR) is 124 cm³/mol. The fraction of sp³-hybridized carbons (Fsp3) is 0.375. The Bertz CT molecular complexity index is 380. The normalized spacial score (nSPS) is 10.6. The van der Waals surface area contributed by atoms with Crippen molar-refractivity contribution < 1.29 is 20.2 Å². The topological polar surface area (TPSA) is 12.9 Å². The summed E-state index contributed by atoms with van der Waals surface area (Å²) in [5.74, 6) is 0. The van der Waals surface area contributed by atoms with Crippen molar-refractivity contribution in [2.45, 2.75) is 20.8 Å². The minimum atomic E-state index is -0.278. The van der Waals surface area contributed by atoms with Gasteiger partial charge in [-0.3, -0.25) is 0 Å². The Balaban J connectivity index is 0. The SMILES string of the molecule is [2H]c1c(C)nc(C)c([IH]I)c1C.[3H][V][I].[I][V]([I])[I]. The molecular formula is C8H12I6NV2. The number of aromatic nitrogens is 1. The number of aryl methyl sites for hydroxylation is 2. The van der Waals surface area contributed by atoms with Crippen LogP contribution in [0.1, 0.15) is 18.3 Å². The molecular weight excluding hydrogens is 973 g/mol. The average molecular weight is 989 g/mol. The Morgan fingerprint density at radius 3 is 2.24 bits per heavy atom. The molecule has 0 spiro atoms. The van der Waals surface area contributed by atoms with E-state index in [0.717, 1.165) is 17.0 Å². The van der Waals surface area contributed by atoms with E-state index in [1.807, 2.05) is 40.8 Å². The molecule has 1 aromatic rings. The van der Waals surface area contributed by atoms with Gasteiger partial charge in [-0.05, 0) is 0 Å². The van der Waals surface area contributed by atoms with Crippen LogP contribution in [-0.4, -0.2) is 5.86 Å². The molecule has 0 radical (unpaired) electrons. The summed E-state index contributed by atoms with van der Waals surface area (Å²) < 4.78 is 15.4. The van der Waals surface area contributed by atoms with Gasteiger partial charge in [0.1, 0.15) is 0 Å². The van der Waals surface area contributed by atoms with Crippen LogP contribution in [0.4, 0.5) is 0 Å². The Kier molecular flexibility index (Phi) is 18.1. The van der Waals surface area contributed by atoms with E-state index in [2.05, 4.69) is 83.5 Å². The first-order chi connectivity index (χ1) is 8.72. The van der Waals surface area contributed by atoms with Crippen LogP contribution in [0.3, 0.4) is 0 Å². The second-order valence-corrected chi connectivity index (χ2v) is 42.6. The van der Waals surface area contributed by atoms with Crippen LogP contribution >= 0.6 is 116 Å². The van der Waals surface area contributed by atoms with E-state index < -0.39 is 0 Å². The maximum absolute atomic E-state index is 7.74. The van der Waals surface area contributed by atoms with Gasteiger partial charge >= 0.3 is 189 Å². The Morgan fingerprint density at radius 1 is 1.47 bits per heavy atom. The van der Waals surface area contributed by atoms with E-state index in [4.69, 9.17) is 2.25 Å². The molecule has 1 nitrogen and oxygen atoms in total. The summed E-state index contributed by atoms with van der Waals surface area (Å²) in [6, 6.07) is 0.623. The van der Waals surface area contributed by atoms with Crippen LogP contribution < -0.4 is 0 Å². The van der Waals surface area contributed by atoms with Gasteiger partial charge in [-0.2, -0.15) is 0 Å². The van der Waals surface area contributed by atoms with Gasteiger partial charge in [-0.1, -0.05) is 0 Å². The summed E-state index contributed by atoms with van der Waals surface area (Å²) in [5.41, 5.74) is 3.11. The second kappa shape index (κ2) is 15.6. The molecule has 0 fully saturated rings. The summed E-state index contributed by atoms with van der Waals surface area (Å²) in [5, 5.41) is 0. The zero-order chi connectivity index (χ0) is 15.6. The van der Waals surface area contributed by atoms with Gasteiger partial charge in [0, 0.05) is 0 Å². The van der Waals surface area contributed by atoms with Gasteiger partial charge in [-0.25, -0.2) is 0 Å². The molecule has 0 N–H and O–H groups in total. The zero-order valence-electron chi connectivity index (χ0n) is 11.1. The van der Waals surface area contributed by atoms with Crippen LogP contribution in [0.25, 0.3) is 0 Å². The molecule has 0 saturated carbocycles. The first-order valence-electron chi connectivity index (χ1n) is 4.93. The van der Waals surface area contributed by atoms with Crippen LogP contribution in [0, 0.1) is 24.3 Å². The minimum absolute atomic E-state index is 0.0925. The van der Waals surface area contributed by atoms with Gasteiger partial charge in [0.15, 0.2) is 0 Å². The molecule has 17 heavy (non-hydrogen) atoms. The molecule has 0 aliphatic rings. The summed E-state index contributed by atoms with van der Waals surface area (Å²) in [7, 11) is 0. The maximum atomic E-state index is 7.74. The molecule has 0 atom stereocenters. The second-order valence-electron chi connectivity index (χ2n) is 2.63. The summed E-state index contributed by atoms with van der Waals surface area (Å²) in [4.78, 5) is 4.07. The van der Waals surface area contributed by atoms with E-state index >= 15 is 0 Å². The molecule has 0 aromatic carbocycles. The van der Waals surface area contributed by atoms with Crippen LogP contribution in [0.2, 0.25) is 0 Å². The van der Waals surface area contributed by atoms with E-state index in [9.17, 15) is 0 Å². The van der Waals surface area contributed by atoms with Crippen LogP contribution in [0.15, 0.2) is 6.04 Å². The van der Waals surface area contributed by atoms with Crippen molar-refractivity contribution in [2.24, 2.45) is 0 Å².